The Labute approximate surface area is 168 Å². The van der Waals surface area contributed by atoms with Crippen LogP contribution in [0.1, 0.15) is 48.9 Å². The van der Waals surface area contributed by atoms with E-state index in [-0.39, 0.29) is 23.3 Å². The minimum absolute atomic E-state index is 0.0288. The first kappa shape index (κ1) is 22.1. The van der Waals surface area contributed by atoms with Crippen molar-refractivity contribution in [2.75, 3.05) is 13.6 Å². The second-order valence-corrected chi connectivity index (χ2v) is 9.18. The number of nitrogens with zero attached hydrogens (tertiary/aromatic N) is 1. The largest absolute Gasteiger partial charge is 0.349 e. The molecular formula is C22H30N2O3S. The van der Waals surface area contributed by atoms with Gasteiger partial charge in [-0.2, -0.15) is 0 Å². The van der Waals surface area contributed by atoms with Crippen LogP contribution in [0, 0.1) is 13.8 Å². The van der Waals surface area contributed by atoms with Crippen LogP contribution >= 0.6 is 0 Å². The maximum Gasteiger partial charge on any atom is 0.242 e. The van der Waals surface area contributed by atoms with E-state index < -0.39 is 10.0 Å². The summed E-state index contributed by atoms with van der Waals surface area (Å²) in [6, 6.07) is 14.6. The van der Waals surface area contributed by atoms with Crippen LogP contribution in [-0.4, -0.2) is 32.2 Å². The summed E-state index contributed by atoms with van der Waals surface area (Å²) in [4.78, 5) is 12.7. The summed E-state index contributed by atoms with van der Waals surface area (Å²) in [5.74, 6) is -0.0580. The molecule has 2 aromatic carbocycles. The Morgan fingerprint density at radius 3 is 2.39 bits per heavy atom. The molecule has 152 valence electrons. The van der Waals surface area contributed by atoms with Crippen molar-refractivity contribution in [1.82, 2.24) is 9.62 Å². The number of nitrogens with one attached hydrogen (secondary N) is 1. The highest BCUT2D eigenvalue weighted by atomic mass is 32.2. The third-order valence-corrected chi connectivity index (χ3v) is 6.74. The number of hydrogen-bond donors (Lipinski definition) is 1. The van der Waals surface area contributed by atoms with Crippen molar-refractivity contribution in [3.8, 4) is 0 Å². The van der Waals surface area contributed by atoms with Gasteiger partial charge in [0.25, 0.3) is 0 Å². The van der Waals surface area contributed by atoms with Crippen molar-refractivity contribution in [2.45, 2.75) is 51.0 Å². The van der Waals surface area contributed by atoms with Crippen LogP contribution in [-0.2, 0) is 14.8 Å². The topological polar surface area (TPSA) is 66.5 Å². The lowest BCUT2D eigenvalue weighted by molar-refractivity contribution is -0.122. The van der Waals surface area contributed by atoms with Gasteiger partial charge in [-0.25, -0.2) is 12.7 Å². The zero-order valence-electron chi connectivity index (χ0n) is 17.1. The monoisotopic (exact) mass is 402 g/mol. The summed E-state index contributed by atoms with van der Waals surface area (Å²) in [5, 5.41) is 3.08. The van der Waals surface area contributed by atoms with Crippen LogP contribution in [0.15, 0.2) is 53.4 Å². The molecule has 6 heteroatoms. The molecule has 5 nitrogen and oxygen atoms in total. The minimum Gasteiger partial charge on any atom is -0.349 e. The third-order valence-electron chi connectivity index (χ3n) is 4.87. The standard InChI is InChI=1S/C22H30N2O3S/c1-5-21(20-14-13-17(2)16-18(20)3)23-22(25)12-9-15-24(4)28(26,27)19-10-7-6-8-11-19/h6-8,10-11,13-14,16,21H,5,9,12,15H2,1-4H3,(H,23,25). The van der Waals surface area contributed by atoms with Crippen molar-refractivity contribution in [1.29, 1.82) is 0 Å². The fraction of sp³-hybridized carbons (Fsp3) is 0.409. The second kappa shape index (κ2) is 9.85. The Hall–Kier alpha value is -2.18. The molecule has 0 heterocycles. The lowest BCUT2D eigenvalue weighted by atomic mass is 9.97. The first-order valence-electron chi connectivity index (χ1n) is 9.63. The maximum absolute atomic E-state index is 12.5. The van der Waals surface area contributed by atoms with Crippen LogP contribution in [0.25, 0.3) is 0 Å². The highest BCUT2D eigenvalue weighted by molar-refractivity contribution is 7.89. The first-order valence-corrected chi connectivity index (χ1v) is 11.1. The van der Waals surface area contributed by atoms with E-state index in [0.29, 0.717) is 13.0 Å². The van der Waals surface area contributed by atoms with E-state index in [1.54, 1.807) is 37.4 Å². The Bertz CT molecular complexity index is 895. The molecule has 0 bridgehead atoms. The molecule has 1 unspecified atom stereocenters. The van der Waals surface area contributed by atoms with Gasteiger partial charge in [0.2, 0.25) is 15.9 Å². The van der Waals surface area contributed by atoms with Gasteiger partial charge in [-0.05, 0) is 49.9 Å². The van der Waals surface area contributed by atoms with Crippen LogP contribution < -0.4 is 5.32 Å². The lowest BCUT2D eigenvalue weighted by Crippen LogP contribution is -2.31. The van der Waals surface area contributed by atoms with E-state index in [9.17, 15) is 13.2 Å². The molecule has 0 aliphatic carbocycles. The van der Waals surface area contributed by atoms with Gasteiger partial charge in [0.1, 0.15) is 0 Å². The van der Waals surface area contributed by atoms with Gasteiger partial charge in [0, 0.05) is 20.0 Å². The Balaban J connectivity index is 1.89. The van der Waals surface area contributed by atoms with Crippen LogP contribution in [0.3, 0.4) is 0 Å². The number of sulfonamides is 1. The van der Waals surface area contributed by atoms with Crippen LogP contribution in [0.4, 0.5) is 0 Å². The normalized spacial score (nSPS) is 12.8. The van der Waals surface area contributed by atoms with Gasteiger partial charge >= 0.3 is 0 Å². The van der Waals surface area contributed by atoms with Crippen LogP contribution in [0.2, 0.25) is 0 Å². The molecule has 0 fully saturated rings. The summed E-state index contributed by atoms with van der Waals surface area (Å²) in [6.07, 6.45) is 1.56. The van der Waals surface area contributed by atoms with E-state index in [1.807, 2.05) is 6.92 Å². The summed E-state index contributed by atoms with van der Waals surface area (Å²) in [6.45, 7) is 6.45. The van der Waals surface area contributed by atoms with Gasteiger partial charge in [0.15, 0.2) is 0 Å². The molecule has 0 saturated heterocycles. The van der Waals surface area contributed by atoms with E-state index in [2.05, 4.69) is 37.4 Å². The molecule has 0 aliphatic heterocycles. The number of carbonyl (C=O) groups excluding carboxylic acids is 1. The fourth-order valence-electron chi connectivity index (χ4n) is 3.24. The van der Waals surface area contributed by atoms with Crippen molar-refractivity contribution in [3.63, 3.8) is 0 Å². The zero-order valence-corrected chi connectivity index (χ0v) is 17.9. The van der Waals surface area contributed by atoms with E-state index in [1.165, 1.54) is 15.4 Å². The quantitative estimate of drug-likeness (QED) is 0.690. The van der Waals surface area contributed by atoms with Crippen molar-refractivity contribution in [2.24, 2.45) is 0 Å². The molecule has 1 N–H and O–H groups in total. The molecule has 2 aromatic rings. The molecule has 0 spiro atoms. The maximum atomic E-state index is 12.5. The average molecular weight is 403 g/mol. The van der Waals surface area contributed by atoms with Gasteiger partial charge < -0.3 is 5.32 Å². The average Bonchev–Trinajstić information content (AvgIpc) is 2.67. The molecule has 28 heavy (non-hydrogen) atoms. The lowest BCUT2D eigenvalue weighted by Gasteiger charge is -2.21. The van der Waals surface area contributed by atoms with Gasteiger partial charge in [-0.3, -0.25) is 4.79 Å². The molecule has 2 rings (SSSR count). The predicted octanol–water partition coefficient (Wildman–Crippen LogP) is 3.97. The highest BCUT2D eigenvalue weighted by Gasteiger charge is 2.20. The van der Waals surface area contributed by atoms with E-state index in [0.717, 1.165) is 12.0 Å². The van der Waals surface area contributed by atoms with E-state index in [4.69, 9.17) is 0 Å². The number of benzene rings is 2. The highest BCUT2D eigenvalue weighted by Crippen LogP contribution is 2.22. The number of carbonyl (C=O) groups is 1. The van der Waals surface area contributed by atoms with Gasteiger partial charge in [0.05, 0.1) is 10.9 Å². The first-order chi connectivity index (χ1) is 13.3. The molecule has 0 radical (unpaired) electrons. The third kappa shape index (κ3) is 5.66. The molecule has 1 atom stereocenters. The smallest absolute Gasteiger partial charge is 0.242 e. The molecule has 0 saturated carbocycles. The number of rotatable bonds is 9. The number of aryl methyl sites for hydroxylation is 2. The summed E-state index contributed by atoms with van der Waals surface area (Å²) in [7, 11) is -1.97. The Morgan fingerprint density at radius 2 is 1.79 bits per heavy atom. The van der Waals surface area contributed by atoms with Crippen molar-refractivity contribution >= 4 is 15.9 Å². The minimum atomic E-state index is -3.52. The van der Waals surface area contributed by atoms with Crippen LogP contribution in [0.5, 0.6) is 0 Å². The SMILES string of the molecule is CCC(NC(=O)CCCN(C)S(=O)(=O)c1ccccc1)c1ccc(C)cc1C. The molecule has 1 amide bonds. The molecular weight excluding hydrogens is 372 g/mol. The molecule has 0 aliphatic rings. The zero-order chi connectivity index (χ0) is 20.7. The predicted molar refractivity (Wildman–Crippen MR) is 113 cm³/mol. The van der Waals surface area contributed by atoms with Crippen molar-refractivity contribution in [3.05, 3.63) is 65.2 Å². The Morgan fingerprint density at radius 1 is 1.11 bits per heavy atom. The number of amides is 1. The second-order valence-electron chi connectivity index (χ2n) is 7.13. The summed E-state index contributed by atoms with van der Waals surface area (Å²) in [5.41, 5.74) is 3.50. The molecule has 0 aromatic heterocycles. The Kier molecular flexibility index (Phi) is 7.78. The van der Waals surface area contributed by atoms with Gasteiger partial charge in [-0.15, -0.1) is 0 Å². The van der Waals surface area contributed by atoms with E-state index >= 15 is 0 Å². The summed E-state index contributed by atoms with van der Waals surface area (Å²) < 4.78 is 26.3. The summed E-state index contributed by atoms with van der Waals surface area (Å²) >= 11 is 0. The number of hydrogen-bond acceptors (Lipinski definition) is 3. The fourth-order valence-corrected chi connectivity index (χ4v) is 4.47. The van der Waals surface area contributed by atoms with Crippen molar-refractivity contribution < 1.29 is 13.2 Å². The van der Waals surface area contributed by atoms with Gasteiger partial charge in [-0.1, -0.05) is 48.9 Å².